The molecule has 0 aliphatic rings. The number of hydrogen-bond acceptors (Lipinski definition) is 5. The molecule has 0 bridgehead atoms. The zero-order valence-electron chi connectivity index (χ0n) is 17.7. The molecule has 0 unspecified atom stereocenters. The molecule has 1 aromatic heterocycles. The van der Waals surface area contributed by atoms with Crippen LogP contribution in [0.1, 0.15) is 27.0 Å². The van der Waals surface area contributed by atoms with Crippen molar-refractivity contribution in [3.05, 3.63) is 103 Å². The van der Waals surface area contributed by atoms with Crippen LogP contribution in [0.2, 0.25) is 0 Å². The second kappa shape index (κ2) is 8.07. The zero-order chi connectivity index (χ0) is 23.0. The number of aromatic nitrogens is 2. The quantitative estimate of drug-likeness (QED) is 0.386. The Morgan fingerprint density at radius 3 is 2.44 bits per heavy atom. The number of carbonyl (C=O) groups is 1. The molecule has 1 N–H and O–H groups in total. The van der Waals surface area contributed by atoms with Gasteiger partial charge in [-0.2, -0.15) is 4.68 Å². The highest BCUT2D eigenvalue weighted by molar-refractivity contribution is 6.01. The monoisotopic (exact) mass is 428 g/mol. The lowest BCUT2D eigenvalue weighted by molar-refractivity contribution is -0.384. The lowest BCUT2D eigenvalue weighted by Gasteiger charge is -2.16. The Balaban J connectivity index is 1.91. The molecule has 0 aliphatic carbocycles. The lowest BCUT2D eigenvalue weighted by atomic mass is 10.0. The molecule has 4 aromatic rings. The molecule has 32 heavy (non-hydrogen) atoms. The number of fused-ring (bicyclic) bond motifs is 1. The number of hydrogen-bond donors (Lipinski definition) is 1. The summed E-state index contributed by atoms with van der Waals surface area (Å²) in [5.74, 6) is -0.372. The van der Waals surface area contributed by atoms with Gasteiger partial charge in [0.05, 0.1) is 15.8 Å². The number of carbonyl (C=O) groups excluding carboxylic acids is 1. The van der Waals surface area contributed by atoms with Crippen LogP contribution < -0.4 is 11.0 Å². The summed E-state index contributed by atoms with van der Waals surface area (Å²) in [6.45, 7) is 5.69. The van der Waals surface area contributed by atoms with Crippen molar-refractivity contribution in [1.82, 2.24) is 9.66 Å². The minimum atomic E-state index is -0.524. The summed E-state index contributed by atoms with van der Waals surface area (Å²) in [6, 6.07) is 16.2. The maximum atomic E-state index is 13.3. The van der Waals surface area contributed by atoms with Crippen molar-refractivity contribution in [2.45, 2.75) is 20.8 Å². The van der Waals surface area contributed by atoms with Gasteiger partial charge in [-0.25, -0.2) is 4.98 Å². The lowest BCUT2D eigenvalue weighted by Crippen LogP contribution is -2.35. The van der Waals surface area contributed by atoms with Gasteiger partial charge in [0.2, 0.25) is 0 Å². The third-order valence-electron chi connectivity index (χ3n) is 5.39. The molecule has 3 aromatic carbocycles. The Morgan fingerprint density at radius 1 is 0.969 bits per heavy atom. The Morgan fingerprint density at radius 2 is 1.69 bits per heavy atom. The number of benzene rings is 3. The van der Waals surface area contributed by atoms with E-state index in [9.17, 15) is 19.7 Å². The Hall–Kier alpha value is -4.33. The number of nitro benzene ring substituents is 1. The van der Waals surface area contributed by atoms with Crippen molar-refractivity contribution in [3.63, 3.8) is 0 Å². The smallest absolute Gasteiger partial charge is 0.267 e. The fraction of sp³-hybridized carbons (Fsp3) is 0.125. The molecule has 0 saturated heterocycles. The first-order chi connectivity index (χ1) is 15.3. The Kier molecular flexibility index (Phi) is 5.28. The van der Waals surface area contributed by atoms with E-state index >= 15 is 0 Å². The summed E-state index contributed by atoms with van der Waals surface area (Å²) in [7, 11) is 0. The molecule has 0 radical (unpaired) electrons. The normalized spacial score (nSPS) is 10.8. The SMILES string of the molecule is Cc1cc(C)c(C(=O)Nn2c(-c3cccc([N+](=O)[O-])c3)nc3ccccc3c2=O)cc1C. The van der Waals surface area contributed by atoms with Crippen LogP contribution in [0.4, 0.5) is 5.69 Å². The summed E-state index contributed by atoms with van der Waals surface area (Å²) in [6.07, 6.45) is 0. The minimum absolute atomic E-state index is 0.104. The third-order valence-corrected chi connectivity index (χ3v) is 5.39. The van der Waals surface area contributed by atoms with E-state index in [4.69, 9.17) is 0 Å². The first-order valence-corrected chi connectivity index (χ1v) is 9.92. The summed E-state index contributed by atoms with van der Waals surface area (Å²) >= 11 is 0. The second-order valence-electron chi connectivity index (χ2n) is 7.59. The molecule has 8 heteroatoms. The number of amides is 1. The number of nitro groups is 1. The first-order valence-electron chi connectivity index (χ1n) is 9.92. The molecular formula is C24H20N4O4. The molecule has 4 rings (SSSR count). The van der Waals surface area contributed by atoms with Crippen molar-refractivity contribution < 1.29 is 9.72 Å². The van der Waals surface area contributed by atoms with Crippen molar-refractivity contribution in [3.8, 4) is 11.4 Å². The van der Waals surface area contributed by atoms with Crippen molar-refractivity contribution in [2.24, 2.45) is 0 Å². The molecule has 0 atom stereocenters. The minimum Gasteiger partial charge on any atom is -0.267 e. The first kappa shape index (κ1) is 20.9. The van der Waals surface area contributed by atoms with Gasteiger partial charge in [0.1, 0.15) is 0 Å². The molecule has 0 spiro atoms. The topological polar surface area (TPSA) is 107 Å². The molecule has 0 aliphatic heterocycles. The predicted octanol–water partition coefficient (Wildman–Crippen LogP) is 4.28. The van der Waals surface area contributed by atoms with E-state index in [1.807, 2.05) is 26.8 Å². The number of non-ortho nitro benzene ring substituents is 1. The van der Waals surface area contributed by atoms with Gasteiger partial charge < -0.3 is 0 Å². The van der Waals surface area contributed by atoms with E-state index in [2.05, 4.69) is 10.4 Å². The van der Waals surface area contributed by atoms with Crippen LogP contribution in [0.5, 0.6) is 0 Å². The molecule has 160 valence electrons. The van der Waals surface area contributed by atoms with E-state index in [1.165, 1.54) is 18.2 Å². The number of nitrogens with one attached hydrogen (secondary N) is 1. The van der Waals surface area contributed by atoms with E-state index in [0.29, 0.717) is 22.0 Å². The third kappa shape index (κ3) is 3.74. The number of rotatable bonds is 4. The average Bonchev–Trinajstić information content (AvgIpc) is 2.78. The van der Waals surface area contributed by atoms with Crippen LogP contribution in [0.25, 0.3) is 22.3 Å². The number of nitrogens with zero attached hydrogens (tertiary/aromatic N) is 3. The van der Waals surface area contributed by atoms with Crippen LogP contribution in [0, 0.1) is 30.9 Å². The Bertz CT molecular complexity index is 1460. The van der Waals surface area contributed by atoms with Gasteiger partial charge in [-0.3, -0.25) is 25.1 Å². The van der Waals surface area contributed by atoms with Crippen molar-refractivity contribution in [2.75, 3.05) is 5.43 Å². The van der Waals surface area contributed by atoms with Gasteiger partial charge in [-0.1, -0.05) is 30.3 Å². The predicted molar refractivity (Wildman–Crippen MR) is 122 cm³/mol. The van der Waals surface area contributed by atoms with Gasteiger partial charge in [-0.15, -0.1) is 0 Å². The highest BCUT2D eigenvalue weighted by Crippen LogP contribution is 2.23. The summed E-state index contributed by atoms with van der Waals surface area (Å²) in [4.78, 5) is 41.7. The van der Waals surface area contributed by atoms with E-state index in [-0.39, 0.29) is 11.5 Å². The highest BCUT2D eigenvalue weighted by atomic mass is 16.6. The number of aryl methyl sites for hydroxylation is 3. The summed E-state index contributed by atoms with van der Waals surface area (Å²) in [5, 5.41) is 11.6. The van der Waals surface area contributed by atoms with Crippen molar-refractivity contribution in [1.29, 1.82) is 0 Å². The van der Waals surface area contributed by atoms with Gasteiger partial charge in [0.15, 0.2) is 5.82 Å². The summed E-state index contributed by atoms with van der Waals surface area (Å²) < 4.78 is 1.05. The summed E-state index contributed by atoms with van der Waals surface area (Å²) in [5.41, 5.74) is 5.99. The van der Waals surface area contributed by atoms with Gasteiger partial charge >= 0.3 is 0 Å². The van der Waals surface area contributed by atoms with Gasteiger partial charge in [-0.05, 0) is 55.7 Å². The largest absolute Gasteiger partial charge is 0.280 e. The van der Waals surface area contributed by atoms with E-state index in [1.54, 1.807) is 36.4 Å². The molecule has 8 nitrogen and oxygen atoms in total. The van der Waals surface area contributed by atoms with Crippen LogP contribution >= 0.6 is 0 Å². The maximum Gasteiger partial charge on any atom is 0.280 e. The number of para-hydroxylation sites is 1. The average molecular weight is 428 g/mol. The Labute approximate surface area is 183 Å². The molecular weight excluding hydrogens is 408 g/mol. The van der Waals surface area contributed by atoms with Crippen LogP contribution in [-0.4, -0.2) is 20.5 Å². The van der Waals surface area contributed by atoms with Crippen LogP contribution in [0.3, 0.4) is 0 Å². The molecule has 1 amide bonds. The van der Waals surface area contributed by atoms with Gasteiger partial charge in [0.25, 0.3) is 17.2 Å². The van der Waals surface area contributed by atoms with Gasteiger partial charge in [0, 0.05) is 23.3 Å². The second-order valence-corrected chi connectivity index (χ2v) is 7.59. The highest BCUT2D eigenvalue weighted by Gasteiger charge is 2.19. The van der Waals surface area contributed by atoms with Crippen molar-refractivity contribution >= 4 is 22.5 Å². The standard InChI is InChI=1S/C24H20N4O4/c1-14-11-16(3)20(12-15(14)2)23(29)26-27-22(17-7-6-8-18(13-17)28(31)32)25-21-10-5-4-9-19(21)24(27)30/h4-13H,1-3H3,(H,26,29). The molecule has 0 saturated carbocycles. The molecule has 1 heterocycles. The maximum absolute atomic E-state index is 13.3. The van der Waals surface area contributed by atoms with E-state index < -0.39 is 16.4 Å². The van der Waals surface area contributed by atoms with E-state index in [0.717, 1.165) is 21.4 Å². The van der Waals surface area contributed by atoms with Crippen LogP contribution in [0.15, 0.2) is 65.5 Å². The zero-order valence-corrected chi connectivity index (χ0v) is 17.7. The fourth-order valence-corrected chi connectivity index (χ4v) is 3.56. The van der Waals surface area contributed by atoms with Crippen LogP contribution in [-0.2, 0) is 0 Å². The molecule has 0 fully saturated rings. The fourth-order valence-electron chi connectivity index (χ4n) is 3.56.